The van der Waals surface area contributed by atoms with Gasteiger partial charge in [-0.2, -0.15) is 4.31 Å². The van der Waals surface area contributed by atoms with Crippen LogP contribution in [0.5, 0.6) is 23.0 Å². The van der Waals surface area contributed by atoms with E-state index in [2.05, 4.69) is 0 Å². The van der Waals surface area contributed by atoms with Gasteiger partial charge in [-0.15, -0.1) is 0 Å². The van der Waals surface area contributed by atoms with Crippen LogP contribution in [0.3, 0.4) is 0 Å². The van der Waals surface area contributed by atoms with Crippen molar-refractivity contribution in [3.8, 4) is 23.0 Å². The molecular formula is C30H36N2O7S. The van der Waals surface area contributed by atoms with E-state index < -0.39 is 16.1 Å². The molecule has 4 rings (SSSR count). The lowest BCUT2D eigenvalue weighted by atomic mass is 9.91. The molecule has 0 aliphatic carbocycles. The third-order valence-corrected chi connectivity index (χ3v) is 9.24. The fourth-order valence-electron chi connectivity index (χ4n) is 4.95. The Balaban J connectivity index is 1.66. The van der Waals surface area contributed by atoms with Gasteiger partial charge in [-0.1, -0.05) is 13.8 Å². The van der Waals surface area contributed by atoms with Crippen molar-refractivity contribution in [2.45, 2.75) is 31.2 Å². The maximum Gasteiger partial charge on any atom is 0.254 e. The molecule has 1 atom stereocenters. The number of nitrogens with zero attached hydrogens (tertiary/aromatic N) is 2. The van der Waals surface area contributed by atoms with Gasteiger partial charge in [0.25, 0.3) is 5.91 Å². The number of amides is 1. The summed E-state index contributed by atoms with van der Waals surface area (Å²) in [7, 11) is 1.15. The maximum atomic E-state index is 13.8. The minimum absolute atomic E-state index is 0.160. The summed E-state index contributed by atoms with van der Waals surface area (Å²) in [6.07, 6.45) is 0.620. The van der Waals surface area contributed by atoms with Crippen LogP contribution in [0.2, 0.25) is 0 Å². The predicted octanol–water partition coefficient (Wildman–Crippen LogP) is 4.56. The first-order chi connectivity index (χ1) is 19.3. The summed E-state index contributed by atoms with van der Waals surface area (Å²) in [4.78, 5) is 15.8. The Morgan fingerprint density at radius 2 is 1.48 bits per heavy atom. The molecule has 0 N–H and O–H groups in total. The monoisotopic (exact) mass is 568 g/mol. The van der Waals surface area contributed by atoms with Crippen LogP contribution in [0.4, 0.5) is 0 Å². The molecule has 3 aromatic rings. The number of fused-ring (bicyclic) bond motifs is 1. The Bertz CT molecular complexity index is 1420. The molecule has 0 saturated heterocycles. The Morgan fingerprint density at radius 3 is 2.05 bits per heavy atom. The lowest BCUT2D eigenvalue weighted by Crippen LogP contribution is -2.42. The highest BCUT2D eigenvalue weighted by atomic mass is 32.2. The number of hydrogen-bond donors (Lipinski definition) is 0. The Hall–Kier alpha value is -3.76. The molecule has 214 valence electrons. The summed E-state index contributed by atoms with van der Waals surface area (Å²) in [5.74, 6) is 2.34. The van der Waals surface area contributed by atoms with Crippen LogP contribution in [0, 0.1) is 0 Å². The Kier molecular flexibility index (Phi) is 9.21. The van der Waals surface area contributed by atoms with E-state index >= 15 is 0 Å². The van der Waals surface area contributed by atoms with Crippen molar-refractivity contribution >= 4 is 15.9 Å². The molecule has 0 unspecified atom stereocenters. The molecule has 0 bridgehead atoms. The van der Waals surface area contributed by atoms with E-state index in [1.165, 1.54) is 16.4 Å². The standard InChI is InChI=1S/C30H36N2O7S/c1-6-31(7-2)40(34,35)25-14-8-21(9-15-25)30(33)32-17-16-22-18-28(37-4)29(38-5)19-26(22)27(32)20-39-24-12-10-23(36-3)11-13-24/h8-15,18-19,27H,6-7,16-17,20H2,1-5H3/t27-/m1/s1. The molecule has 1 aliphatic rings. The SMILES string of the molecule is CCN(CC)S(=O)(=O)c1ccc(C(=O)N2CCc3cc(OC)c(OC)cc3[C@H]2COc2ccc(OC)cc2)cc1. The topological polar surface area (TPSA) is 94.6 Å². The van der Waals surface area contributed by atoms with E-state index in [9.17, 15) is 13.2 Å². The zero-order chi connectivity index (χ0) is 28.9. The summed E-state index contributed by atoms with van der Waals surface area (Å²) >= 11 is 0. The van der Waals surface area contributed by atoms with Gasteiger partial charge >= 0.3 is 0 Å². The quantitative estimate of drug-likeness (QED) is 0.335. The van der Waals surface area contributed by atoms with E-state index in [4.69, 9.17) is 18.9 Å². The summed E-state index contributed by atoms with van der Waals surface area (Å²) in [5.41, 5.74) is 2.36. The van der Waals surface area contributed by atoms with Crippen LogP contribution in [0.25, 0.3) is 0 Å². The third kappa shape index (κ3) is 5.88. The summed E-state index contributed by atoms with van der Waals surface area (Å²) < 4.78 is 49.7. The summed E-state index contributed by atoms with van der Waals surface area (Å²) in [6, 6.07) is 16.8. The van der Waals surface area contributed by atoms with Crippen molar-refractivity contribution in [1.29, 1.82) is 0 Å². The number of methoxy groups -OCH3 is 3. The number of hydrogen-bond acceptors (Lipinski definition) is 7. The molecule has 10 heteroatoms. The molecule has 0 saturated carbocycles. The van der Waals surface area contributed by atoms with Crippen molar-refractivity contribution in [1.82, 2.24) is 9.21 Å². The minimum atomic E-state index is -3.62. The Morgan fingerprint density at radius 1 is 0.875 bits per heavy atom. The molecular weight excluding hydrogens is 532 g/mol. The van der Waals surface area contributed by atoms with Gasteiger partial charge in [-0.25, -0.2) is 8.42 Å². The average Bonchev–Trinajstić information content (AvgIpc) is 2.99. The molecule has 0 aromatic heterocycles. The van der Waals surface area contributed by atoms with Gasteiger partial charge in [0.15, 0.2) is 11.5 Å². The number of carbonyl (C=O) groups excluding carboxylic acids is 1. The van der Waals surface area contributed by atoms with Crippen LogP contribution in [-0.4, -0.2) is 71.1 Å². The second-order valence-corrected chi connectivity index (χ2v) is 11.2. The number of rotatable bonds is 11. The van der Waals surface area contributed by atoms with Crippen LogP contribution in [0.1, 0.15) is 41.4 Å². The van der Waals surface area contributed by atoms with Gasteiger partial charge in [0.05, 0.1) is 32.3 Å². The molecule has 0 spiro atoms. The van der Waals surface area contributed by atoms with Gasteiger partial charge in [0.1, 0.15) is 18.1 Å². The maximum absolute atomic E-state index is 13.8. The Labute approximate surface area is 236 Å². The second-order valence-electron chi connectivity index (χ2n) is 9.27. The molecule has 3 aromatic carbocycles. The van der Waals surface area contributed by atoms with Gasteiger partial charge in [-0.3, -0.25) is 4.79 Å². The number of carbonyl (C=O) groups is 1. The van der Waals surface area contributed by atoms with E-state index in [-0.39, 0.29) is 17.4 Å². The van der Waals surface area contributed by atoms with Crippen LogP contribution >= 0.6 is 0 Å². The second kappa shape index (κ2) is 12.6. The van der Waals surface area contributed by atoms with E-state index in [0.717, 1.165) is 16.9 Å². The molecule has 1 amide bonds. The lowest BCUT2D eigenvalue weighted by Gasteiger charge is -2.37. The summed E-state index contributed by atoms with van der Waals surface area (Å²) in [6.45, 7) is 5.00. The average molecular weight is 569 g/mol. The van der Waals surface area contributed by atoms with Crippen LogP contribution in [-0.2, 0) is 16.4 Å². The molecule has 0 fully saturated rings. The van der Waals surface area contributed by atoms with Gasteiger partial charge in [0.2, 0.25) is 10.0 Å². The van der Waals surface area contributed by atoms with Gasteiger partial charge in [0, 0.05) is 25.2 Å². The first kappa shape index (κ1) is 29.2. The highest BCUT2D eigenvalue weighted by Crippen LogP contribution is 2.39. The van der Waals surface area contributed by atoms with Gasteiger partial charge in [-0.05, 0) is 78.2 Å². The van der Waals surface area contributed by atoms with Crippen molar-refractivity contribution < 1.29 is 32.2 Å². The van der Waals surface area contributed by atoms with E-state index in [0.29, 0.717) is 48.9 Å². The third-order valence-electron chi connectivity index (χ3n) is 7.18. The number of ether oxygens (including phenoxy) is 4. The zero-order valence-corrected chi connectivity index (χ0v) is 24.4. The first-order valence-corrected chi connectivity index (χ1v) is 14.6. The molecule has 1 heterocycles. The fraction of sp³-hybridized carbons (Fsp3) is 0.367. The number of benzene rings is 3. The highest BCUT2D eigenvalue weighted by Gasteiger charge is 2.34. The fourth-order valence-corrected chi connectivity index (χ4v) is 6.40. The largest absolute Gasteiger partial charge is 0.497 e. The first-order valence-electron chi connectivity index (χ1n) is 13.2. The molecule has 0 radical (unpaired) electrons. The van der Waals surface area contributed by atoms with Gasteiger partial charge < -0.3 is 23.8 Å². The van der Waals surface area contributed by atoms with Crippen molar-refractivity contribution in [2.75, 3.05) is 47.6 Å². The predicted molar refractivity (Wildman–Crippen MR) is 152 cm³/mol. The van der Waals surface area contributed by atoms with Crippen molar-refractivity contribution in [3.63, 3.8) is 0 Å². The zero-order valence-electron chi connectivity index (χ0n) is 23.5. The molecule has 1 aliphatic heterocycles. The smallest absolute Gasteiger partial charge is 0.254 e. The molecule has 9 nitrogen and oxygen atoms in total. The van der Waals surface area contributed by atoms with E-state index in [1.807, 2.05) is 36.4 Å². The van der Waals surface area contributed by atoms with Crippen molar-refractivity contribution in [3.05, 3.63) is 77.4 Å². The lowest BCUT2D eigenvalue weighted by molar-refractivity contribution is 0.0589. The summed E-state index contributed by atoms with van der Waals surface area (Å²) in [5, 5.41) is 0. The molecule has 40 heavy (non-hydrogen) atoms. The van der Waals surface area contributed by atoms with Crippen molar-refractivity contribution in [2.24, 2.45) is 0 Å². The number of sulfonamides is 1. The minimum Gasteiger partial charge on any atom is -0.497 e. The normalized spacial score (nSPS) is 14.9. The van der Waals surface area contributed by atoms with Crippen LogP contribution in [0.15, 0.2) is 65.6 Å². The highest BCUT2D eigenvalue weighted by molar-refractivity contribution is 7.89. The van der Waals surface area contributed by atoms with Crippen LogP contribution < -0.4 is 18.9 Å². The van der Waals surface area contributed by atoms with E-state index in [1.54, 1.807) is 52.2 Å².